The van der Waals surface area contributed by atoms with Crippen LogP contribution in [-0.2, 0) is 6.42 Å². The van der Waals surface area contributed by atoms with Gasteiger partial charge in [-0.1, -0.05) is 48.5 Å². The third-order valence-corrected chi connectivity index (χ3v) is 4.16. The molecule has 0 aliphatic rings. The van der Waals surface area contributed by atoms with Crippen molar-refractivity contribution in [2.75, 3.05) is 17.2 Å². The first-order valence-electron chi connectivity index (χ1n) is 8.66. The van der Waals surface area contributed by atoms with Crippen molar-refractivity contribution >= 4 is 17.5 Å². The van der Waals surface area contributed by atoms with Crippen LogP contribution in [0.5, 0.6) is 0 Å². The van der Waals surface area contributed by atoms with Crippen molar-refractivity contribution in [3.05, 3.63) is 77.5 Å². The van der Waals surface area contributed by atoms with Crippen molar-refractivity contribution in [2.45, 2.75) is 26.7 Å². The largest absolute Gasteiger partial charge is 0.370 e. The zero-order chi connectivity index (χ0) is 17.5. The number of hydrogen-bond donors (Lipinski definition) is 2. The molecule has 3 aromatic rings. The Balaban J connectivity index is 1.56. The number of para-hydroxylation sites is 1. The van der Waals surface area contributed by atoms with Gasteiger partial charge < -0.3 is 10.6 Å². The highest BCUT2D eigenvalue weighted by Gasteiger charge is 2.05. The first-order chi connectivity index (χ1) is 12.2. The standard InChI is InChI=1S/C21H24N4/c1-16-8-6-9-17(2)20(16)25-21-23-15-13-19(24-21)22-14-7-12-18-10-4-3-5-11-18/h3-6,8-11,13,15H,7,12,14H2,1-2H3,(H2,22,23,24,25). The Morgan fingerprint density at radius 3 is 2.40 bits per heavy atom. The Bertz CT molecular complexity index is 795. The van der Waals surface area contributed by atoms with Gasteiger partial charge in [-0.3, -0.25) is 0 Å². The normalized spacial score (nSPS) is 10.5. The van der Waals surface area contributed by atoms with Crippen LogP contribution >= 0.6 is 0 Å². The maximum Gasteiger partial charge on any atom is 0.229 e. The Morgan fingerprint density at radius 2 is 1.64 bits per heavy atom. The summed E-state index contributed by atoms with van der Waals surface area (Å²) >= 11 is 0. The van der Waals surface area contributed by atoms with Crippen molar-refractivity contribution in [3.63, 3.8) is 0 Å². The Hall–Kier alpha value is -2.88. The molecule has 0 aliphatic heterocycles. The molecule has 1 aromatic heterocycles. The van der Waals surface area contributed by atoms with Crippen molar-refractivity contribution in [3.8, 4) is 0 Å². The summed E-state index contributed by atoms with van der Waals surface area (Å²) in [5.41, 5.74) is 4.81. The van der Waals surface area contributed by atoms with Gasteiger partial charge in [0.1, 0.15) is 5.82 Å². The molecule has 128 valence electrons. The Morgan fingerprint density at radius 1 is 0.880 bits per heavy atom. The van der Waals surface area contributed by atoms with E-state index in [0.717, 1.165) is 30.9 Å². The molecular formula is C21H24N4. The Kier molecular flexibility index (Phi) is 5.62. The minimum atomic E-state index is 0.616. The van der Waals surface area contributed by atoms with Gasteiger partial charge in [-0.25, -0.2) is 4.98 Å². The van der Waals surface area contributed by atoms with Crippen LogP contribution in [0.15, 0.2) is 60.8 Å². The molecule has 1 heterocycles. The lowest BCUT2D eigenvalue weighted by Gasteiger charge is -2.12. The number of hydrogen-bond acceptors (Lipinski definition) is 4. The number of aryl methyl sites for hydroxylation is 3. The zero-order valence-electron chi connectivity index (χ0n) is 14.8. The van der Waals surface area contributed by atoms with Crippen LogP contribution in [-0.4, -0.2) is 16.5 Å². The van der Waals surface area contributed by atoms with E-state index in [-0.39, 0.29) is 0 Å². The second kappa shape index (κ2) is 8.29. The minimum absolute atomic E-state index is 0.616. The van der Waals surface area contributed by atoms with E-state index in [1.54, 1.807) is 6.20 Å². The van der Waals surface area contributed by atoms with Crippen LogP contribution in [0.1, 0.15) is 23.1 Å². The summed E-state index contributed by atoms with van der Waals surface area (Å²) < 4.78 is 0. The van der Waals surface area contributed by atoms with E-state index in [0.29, 0.717) is 5.95 Å². The second-order valence-electron chi connectivity index (χ2n) is 6.17. The van der Waals surface area contributed by atoms with Crippen LogP contribution in [0, 0.1) is 13.8 Å². The molecule has 0 spiro atoms. The van der Waals surface area contributed by atoms with Gasteiger partial charge in [0.25, 0.3) is 0 Å². The smallest absolute Gasteiger partial charge is 0.229 e. The topological polar surface area (TPSA) is 49.8 Å². The maximum atomic E-state index is 4.56. The third kappa shape index (κ3) is 4.80. The van der Waals surface area contributed by atoms with Crippen LogP contribution in [0.4, 0.5) is 17.5 Å². The van der Waals surface area contributed by atoms with E-state index in [1.165, 1.54) is 16.7 Å². The van der Waals surface area contributed by atoms with Crippen LogP contribution < -0.4 is 10.6 Å². The molecule has 0 saturated carbocycles. The van der Waals surface area contributed by atoms with Gasteiger partial charge in [0.2, 0.25) is 5.95 Å². The monoisotopic (exact) mass is 332 g/mol. The molecule has 3 rings (SSSR count). The summed E-state index contributed by atoms with van der Waals surface area (Å²) in [5.74, 6) is 1.46. The van der Waals surface area contributed by atoms with Crippen molar-refractivity contribution in [1.82, 2.24) is 9.97 Å². The average molecular weight is 332 g/mol. The van der Waals surface area contributed by atoms with Gasteiger partial charge in [0.15, 0.2) is 0 Å². The molecular weight excluding hydrogens is 308 g/mol. The number of nitrogens with zero attached hydrogens (tertiary/aromatic N) is 2. The van der Waals surface area contributed by atoms with E-state index in [4.69, 9.17) is 0 Å². The van der Waals surface area contributed by atoms with E-state index in [2.05, 4.69) is 76.9 Å². The van der Waals surface area contributed by atoms with Crippen molar-refractivity contribution < 1.29 is 0 Å². The number of aromatic nitrogens is 2. The SMILES string of the molecule is Cc1cccc(C)c1Nc1nccc(NCCCc2ccccc2)n1. The number of rotatable bonds is 7. The molecule has 0 radical (unpaired) electrons. The van der Waals surface area contributed by atoms with Gasteiger partial charge in [0, 0.05) is 18.4 Å². The zero-order valence-corrected chi connectivity index (χ0v) is 14.8. The van der Waals surface area contributed by atoms with E-state index in [1.807, 2.05) is 12.1 Å². The quantitative estimate of drug-likeness (QED) is 0.605. The highest BCUT2D eigenvalue weighted by molar-refractivity contribution is 5.63. The van der Waals surface area contributed by atoms with Gasteiger partial charge in [0.05, 0.1) is 0 Å². The summed E-state index contributed by atoms with van der Waals surface area (Å²) in [4.78, 5) is 8.89. The lowest BCUT2D eigenvalue weighted by molar-refractivity contribution is 0.858. The minimum Gasteiger partial charge on any atom is -0.370 e. The third-order valence-electron chi connectivity index (χ3n) is 4.16. The van der Waals surface area contributed by atoms with E-state index >= 15 is 0 Å². The Labute approximate surface area is 149 Å². The highest BCUT2D eigenvalue weighted by Crippen LogP contribution is 2.22. The van der Waals surface area contributed by atoms with Gasteiger partial charge in [-0.2, -0.15) is 4.98 Å². The second-order valence-corrected chi connectivity index (χ2v) is 6.17. The van der Waals surface area contributed by atoms with Crippen molar-refractivity contribution in [1.29, 1.82) is 0 Å². The van der Waals surface area contributed by atoms with Crippen LogP contribution in [0.25, 0.3) is 0 Å². The summed E-state index contributed by atoms with van der Waals surface area (Å²) in [6, 6.07) is 18.7. The predicted octanol–water partition coefficient (Wildman–Crippen LogP) is 4.88. The van der Waals surface area contributed by atoms with Gasteiger partial charge >= 0.3 is 0 Å². The van der Waals surface area contributed by atoms with E-state index < -0.39 is 0 Å². The number of anilines is 3. The van der Waals surface area contributed by atoms with Crippen LogP contribution in [0.3, 0.4) is 0 Å². The first kappa shape index (κ1) is 17.0. The molecule has 0 atom stereocenters. The molecule has 2 aromatic carbocycles. The summed E-state index contributed by atoms with van der Waals surface area (Å²) in [5, 5.41) is 6.71. The molecule has 4 nitrogen and oxygen atoms in total. The molecule has 0 bridgehead atoms. The molecule has 0 unspecified atom stereocenters. The van der Waals surface area contributed by atoms with Gasteiger partial charge in [-0.15, -0.1) is 0 Å². The average Bonchev–Trinajstić information content (AvgIpc) is 2.63. The molecule has 0 saturated heterocycles. The molecule has 0 fully saturated rings. The molecule has 0 aliphatic carbocycles. The number of nitrogens with one attached hydrogen (secondary N) is 2. The van der Waals surface area contributed by atoms with Gasteiger partial charge in [-0.05, 0) is 49.4 Å². The molecule has 25 heavy (non-hydrogen) atoms. The fourth-order valence-corrected chi connectivity index (χ4v) is 2.79. The molecule has 4 heteroatoms. The lowest BCUT2D eigenvalue weighted by atomic mass is 10.1. The van der Waals surface area contributed by atoms with Crippen molar-refractivity contribution in [2.24, 2.45) is 0 Å². The summed E-state index contributed by atoms with van der Waals surface area (Å²) in [7, 11) is 0. The fourth-order valence-electron chi connectivity index (χ4n) is 2.79. The lowest BCUT2D eigenvalue weighted by Crippen LogP contribution is -2.07. The summed E-state index contributed by atoms with van der Waals surface area (Å²) in [6.07, 6.45) is 3.91. The molecule has 0 amide bonds. The molecule has 2 N–H and O–H groups in total. The summed E-state index contributed by atoms with van der Waals surface area (Å²) in [6.45, 7) is 5.05. The maximum absolute atomic E-state index is 4.56. The van der Waals surface area contributed by atoms with Crippen LogP contribution in [0.2, 0.25) is 0 Å². The predicted molar refractivity (Wildman–Crippen MR) is 104 cm³/mol. The number of benzene rings is 2. The first-order valence-corrected chi connectivity index (χ1v) is 8.66. The highest BCUT2D eigenvalue weighted by atomic mass is 15.1. The fraction of sp³-hybridized carbons (Fsp3) is 0.238. The van der Waals surface area contributed by atoms with E-state index in [9.17, 15) is 0 Å².